The number of rotatable bonds is 5. The minimum atomic E-state index is -0.471. The maximum Gasteiger partial charge on any atom is 0.407 e. The van der Waals surface area contributed by atoms with Crippen LogP contribution < -0.4 is 5.32 Å². The van der Waals surface area contributed by atoms with Crippen molar-refractivity contribution in [2.75, 3.05) is 6.54 Å². The van der Waals surface area contributed by atoms with Gasteiger partial charge in [0.2, 0.25) is 5.28 Å². The van der Waals surface area contributed by atoms with Crippen molar-refractivity contribution >= 4 is 51.0 Å². The van der Waals surface area contributed by atoms with E-state index in [1.807, 2.05) is 30.3 Å². The van der Waals surface area contributed by atoms with Gasteiger partial charge in [-0.2, -0.15) is 0 Å². The molecule has 0 spiro atoms. The van der Waals surface area contributed by atoms with Crippen LogP contribution in [-0.4, -0.2) is 27.6 Å². The molecular formula is C15H12Cl2N4O2S. The number of halogens is 2. The minimum Gasteiger partial charge on any atom is -0.445 e. The molecule has 0 aliphatic carbocycles. The number of aromatic nitrogens is 3. The first-order chi connectivity index (χ1) is 11.6. The lowest BCUT2D eigenvalue weighted by Gasteiger charge is -2.06. The summed E-state index contributed by atoms with van der Waals surface area (Å²) in [5.41, 5.74) is 1.46. The van der Waals surface area contributed by atoms with Gasteiger partial charge in [0, 0.05) is 13.0 Å². The van der Waals surface area contributed by atoms with Gasteiger partial charge in [-0.3, -0.25) is 0 Å². The van der Waals surface area contributed by atoms with Crippen LogP contribution >= 0.6 is 34.5 Å². The number of ether oxygens (including phenoxy) is 1. The van der Waals surface area contributed by atoms with Gasteiger partial charge in [-0.1, -0.05) is 53.3 Å². The summed E-state index contributed by atoms with van der Waals surface area (Å²) < 4.78 is 5.13. The van der Waals surface area contributed by atoms with Gasteiger partial charge in [-0.05, 0) is 17.2 Å². The topological polar surface area (TPSA) is 77.0 Å². The van der Waals surface area contributed by atoms with Crippen LogP contribution in [-0.2, 0) is 17.8 Å². The van der Waals surface area contributed by atoms with E-state index >= 15 is 0 Å². The summed E-state index contributed by atoms with van der Waals surface area (Å²) in [6.45, 7) is 0.629. The molecule has 0 atom stereocenters. The number of carbonyl (C=O) groups is 1. The molecule has 2 aromatic heterocycles. The molecule has 6 nitrogen and oxygen atoms in total. The number of alkyl carbamates (subject to hydrolysis) is 1. The molecule has 1 amide bonds. The molecule has 1 N–H and O–H groups in total. The van der Waals surface area contributed by atoms with E-state index in [9.17, 15) is 4.79 Å². The van der Waals surface area contributed by atoms with Crippen LogP contribution in [0.3, 0.4) is 0 Å². The zero-order chi connectivity index (χ0) is 16.9. The van der Waals surface area contributed by atoms with Crippen LogP contribution in [0.2, 0.25) is 10.4 Å². The summed E-state index contributed by atoms with van der Waals surface area (Å²) in [4.78, 5) is 24.6. The van der Waals surface area contributed by atoms with Gasteiger partial charge < -0.3 is 10.1 Å². The van der Waals surface area contributed by atoms with Crippen molar-refractivity contribution in [3.05, 3.63) is 51.3 Å². The summed E-state index contributed by atoms with van der Waals surface area (Å²) in [7, 11) is 0. The highest BCUT2D eigenvalue weighted by atomic mass is 35.5. The first-order valence-electron chi connectivity index (χ1n) is 7.05. The third-order valence-electron chi connectivity index (χ3n) is 3.05. The first kappa shape index (κ1) is 16.9. The number of amides is 1. The third kappa shape index (κ3) is 4.31. The Morgan fingerprint density at radius 2 is 1.96 bits per heavy atom. The van der Waals surface area contributed by atoms with Gasteiger partial charge in [-0.15, -0.1) is 0 Å². The minimum absolute atomic E-state index is 0.0883. The number of thiazole rings is 1. The zero-order valence-electron chi connectivity index (χ0n) is 12.3. The van der Waals surface area contributed by atoms with E-state index < -0.39 is 6.09 Å². The Balaban J connectivity index is 1.49. The number of fused-ring (bicyclic) bond motifs is 1. The van der Waals surface area contributed by atoms with Crippen LogP contribution in [0.4, 0.5) is 4.79 Å². The van der Waals surface area contributed by atoms with E-state index in [0.29, 0.717) is 23.3 Å². The largest absolute Gasteiger partial charge is 0.445 e. The quantitative estimate of drug-likeness (QED) is 0.535. The van der Waals surface area contributed by atoms with Crippen molar-refractivity contribution in [1.82, 2.24) is 20.3 Å². The van der Waals surface area contributed by atoms with E-state index in [-0.39, 0.29) is 17.0 Å². The Morgan fingerprint density at radius 3 is 2.75 bits per heavy atom. The highest BCUT2D eigenvalue weighted by Gasteiger charge is 2.11. The highest BCUT2D eigenvalue weighted by Crippen LogP contribution is 2.26. The van der Waals surface area contributed by atoms with Gasteiger partial charge in [-0.25, -0.2) is 19.7 Å². The first-order valence-corrected chi connectivity index (χ1v) is 8.62. The molecule has 0 radical (unpaired) electrons. The Kier molecular flexibility index (Phi) is 5.44. The smallest absolute Gasteiger partial charge is 0.407 e. The number of nitrogens with zero attached hydrogens (tertiary/aromatic N) is 3. The average molecular weight is 383 g/mol. The van der Waals surface area contributed by atoms with Gasteiger partial charge in [0.15, 0.2) is 5.15 Å². The summed E-state index contributed by atoms with van der Waals surface area (Å²) in [5.74, 6) is 0. The van der Waals surface area contributed by atoms with Crippen LogP contribution in [0.1, 0.15) is 10.6 Å². The van der Waals surface area contributed by atoms with Crippen molar-refractivity contribution < 1.29 is 9.53 Å². The highest BCUT2D eigenvalue weighted by molar-refractivity contribution is 7.18. The van der Waals surface area contributed by atoms with Crippen molar-refractivity contribution in [2.24, 2.45) is 0 Å². The lowest BCUT2D eigenvalue weighted by Crippen LogP contribution is -2.26. The van der Waals surface area contributed by atoms with E-state index in [0.717, 1.165) is 10.6 Å². The lowest BCUT2D eigenvalue weighted by atomic mass is 10.2. The molecule has 24 heavy (non-hydrogen) atoms. The number of hydrogen-bond acceptors (Lipinski definition) is 6. The van der Waals surface area contributed by atoms with Gasteiger partial charge in [0.25, 0.3) is 0 Å². The fourth-order valence-corrected chi connectivity index (χ4v) is 3.43. The summed E-state index contributed by atoms with van der Waals surface area (Å²) in [5, 5.41) is 3.78. The molecule has 124 valence electrons. The molecule has 3 aromatic rings. The van der Waals surface area contributed by atoms with Gasteiger partial charge in [0.05, 0.1) is 5.01 Å². The number of hydrogen-bond donors (Lipinski definition) is 1. The number of benzene rings is 1. The Bertz CT molecular complexity index is 857. The lowest BCUT2D eigenvalue weighted by molar-refractivity contribution is 0.140. The average Bonchev–Trinajstić information content (AvgIpc) is 2.97. The summed E-state index contributed by atoms with van der Waals surface area (Å²) in [6.07, 6.45) is 0.0657. The molecule has 1 aromatic carbocycles. The zero-order valence-corrected chi connectivity index (χ0v) is 14.7. The normalized spacial score (nSPS) is 10.8. The summed E-state index contributed by atoms with van der Waals surface area (Å²) >= 11 is 13.1. The molecule has 0 saturated heterocycles. The second-order valence-electron chi connectivity index (χ2n) is 4.78. The maximum absolute atomic E-state index is 11.7. The van der Waals surface area contributed by atoms with Gasteiger partial charge in [0.1, 0.15) is 17.0 Å². The van der Waals surface area contributed by atoms with E-state index in [1.165, 1.54) is 11.3 Å². The fraction of sp³-hybridized carbons (Fsp3) is 0.200. The standard InChI is InChI=1S/C15H12Cl2N4O2S/c16-12-11-13(21-14(17)20-12)24-10(19-11)6-7-18-15(22)23-8-9-4-2-1-3-5-9/h1-5H,6-8H2,(H,18,22). The van der Waals surface area contributed by atoms with E-state index in [4.69, 9.17) is 27.9 Å². The Labute approximate surface area is 151 Å². The van der Waals surface area contributed by atoms with Crippen molar-refractivity contribution in [3.63, 3.8) is 0 Å². The number of carbonyl (C=O) groups excluding carboxylic acids is 1. The molecule has 0 unspecified atom stereocenters. The molecule has 9 heteroatoms. The molecule has 0 fully saturated rings. The van der Waals surface area contributed by atoms with Crippen molar-refractivity contribution in [3.8, 4) is 0 Å². The third-order valence-corrected chi connectivity index (χ3v) is 4.50. The van der Waals surface area contributed by atoms with Crippen LogP contribution in [0.25, 0.3) is 10.3 Å². The van der Waals surface area contributed by atoms with E-state index in [2.05, 4.69) is 20.3 Å². The predicted octanol–water partition coefficient (Wildman–Crippen LogP) is 3.86. The predicted molar refractivity (Wildman–Crippen MR) is 93.6 cm³/mol. The molecule has 0 saturated carbocycles. The molecular weight excluding hydrogens is 371 g/mol. The molecule has 0 aliphatic heterocycles. The molecule has 0 bridgehead atoms. The fourth-order valence-electron chi connectivity index (χ4n) is 1.96. The number of nitrogens with one attached hydrogen (secondary N) is 1. The van der Waals surface area contributed by atoms with E-state index in [1.54, 1.807) is 0 Å². The van der Waals surface area contributed by atoms with Crippen molar-refractivity contribution in [2.45, 2.75) is 13.0 Å². The summed E-state index contributed by atoms with van der Waals surface area (Å²) in [6, 6.07) is 9.48. The Morgan fingerprint density at radius 1 is 1.17 bits per heavy atom. The monoisotopic (exact) mass is 382 g/mol. The second kappa shape index (κ2) is 7.74. The van der Waals surface area contributed by atoms with Crippen LogP contribution in [0, 0.1) is 0 Å². The molecule has 0 aliphatic rings. The van der Waals surface area contributed by atoms with Crippen molar-refractivity contribution in [1.29, 1.82) is 0 Å². The molecule has 2 heterocycles. The van der Waals surface area contributed by atoms with Crippen LogP contribution in [0.15, 0.2) is 30.3 Å². The second-order valence-corrected chi connectivity index (χ2v) is 6.54. The van der Waals surface area contributed by atoms with Crippen LogP contribution in [0.5, 0.6) is 0 Å². The maximum atomic E-state index is 11.7. The van der Waals surface area contributed by atoms with Gasteiger partial charge >= 0.3 is 6.09 Å². The SMILES string of the molecule is O=C(NCCc1nc2c(Cl)nc(Cl)nc2s1)OCc1ccccc1. The Hall–Kier alpha value is -1.96. The molecule has 3 rings (SSSR count).